The van der Waals surface area contributed by atoms with E-state index in [0.717, 1.165) is 6.42 Å². The van der Waals surface area contributed by atoms with Gasteiger partial charge in [-0.2, -0.15) is 0 Å². The van der Waals surface area contributed by atoms with E-state index in [1.165, 1.54) is 0 Å². The van der Waals surface area contributed by atoms with Crippen molar-refractivity contribution in [3.05, 3.63) is 0 Å². The van der Waals surface area contributed by atoms with Gasteiger partial charge in [0.25, 0.3) is 0 Å². The average Bonchev–Trinajstić information content (AvgIpc) is 2.04. The summed E-state index contributed by atoms with van der Waals surface area (Å²) in [5.41, 5.74) is 0. The molecule has 0 atom stereocenters. The first kappa shape index (κ1) is 10.6. The molecular weight excluding hydrogens is 174 g/mol. The third-order valence-electron chi connectivity index (χ3n) is 2.67. The molecule has 3 heteroatoms. The zero-order chi connectivity index (χ0) is 9.90. The van der Waals surface area contributed by atoms with Gasteiger partial charge >= 0.3 is 0 Å². The van der Waals surface area contributed by atoms with E-state index >= 15 is 0 Å². The van der Waals surface area contributed by atoms with Crippen molar-refractivity contribution in [2.45, 2.75) is 51.4 Å². The number of Topliss-reactive ketones (excluding diaryl/α,β-unsaturated/α-hetero) is 1. The maximum Gasteiger partial charge on any atom is 0.248 e. The second kappa shape index (κ2) is 4.16. The van der Waals surface area contributed by atoms with Crippen LogP contribution in [-0.2, 0) is 4.79 Å². The third-order valence-corrected chi connectivity index (χ3v) is 2.67. The highest BCUT2D eigenvalue weighted by Crippen LogP contribution is 2.36. The molecule has 0 unspecified atom stereocenters. The molecule has 1 fully saturated rings. The highest BCUT2D eigenvalue weighted by molar-refractivity contribution is 5.80. The summed E-state index contributed by atoms with van der Waals surface area (Å²) in [5, 5.41) is 0. The molecule has 1 nitrogen and oxygen atoms in total. The van der Waals surface area contributed by atoms with E-state index in [4.69, 9.17) is 0 Å². The van der Waals surface area contributed by atoms with Crippen LogP contribution in [-0.4, -0.2) is 11.7 Å². The zero-order valence-corrected chi connectivity index (χ0v) is 7.98. The quantitative estimate of drug-likeness (QED) is 0.668. The molecule has 0 heterocycles. The van der Waals surface area contributed by atoms with Crippen LogP contribution in [0.5, 0.6) is 0 Å². The number of carbonyl (C=O) groups is 1. The maximum atomic E-state index is 12.7. The maximum absolute atomic E-state index is 12.7. The minimum absolute atomic E-state index is 0.0837. The minimum Gasteiger partial charge on any atom is -0.299 e. The monoisotopic (exact) mass is 190 g/mol. The molecule has 13 heavy (non-hydrogen) atoms. The van der Waals surface area contributed by atoms with Crippen molar-refractivity contribution in [3.8, 4) is 0 Å². The summed E-state index contributed by atoms with van der Waals surface area (Å²) < 4.78 is 25.4. The number of rotatable bonds is 3. The molecule has 0 amide bonds. The molecule has 0 bridgehead atoms. The van der Waals surface area contributed by atoms with Gasteiger partial charge in [0.2, 0.25) is 5.92 Å². The van der Waals surface area contributed by atoms with Gasteiger partial charge in [0.05, 0.1) is 0 Å². The summed E-state index contributed by atoms with van der Waals surface area (Å²) in [6.07, 6.45) is 1.93. The highest BCUT2D eigenvalue weighted by atomic mass is 19.3. The highest BCUT2D eigenvalue weighted by Gasteiger charge is 2.36. The van der Waals surface area contributed by atoms with E-state index in [1.54, 1.807) is 0 Å². The van der Waals surface area contributed by atoms with Crippen LogP contribution in [0.3, 0.4) is 0 Å². The van der Waals surface area contributed by atoms with Gasteiger partial charge in [-0.1, -0.05) is 6.92 Å². The topological polar surface area (TPSA) is 17.1 Å². The van der Waals surface area contributed by atoms with E-state index in [9.17, 15) is 13.6 Å². The number of alkyl halides is 2. The molecule has 1 rings (SSSR count). The van der Waals surface area contributed by atoms with Crippen molar-refractivity contribution in [1.82, 2.24) is 0 Å². The Bertz CT molecular complexity index is 179. The van der Waals surface area contributed by atoms with Gasteiger partial charge in [-0.05, 0) is 19.3 Å². The predicted molar refractivity (Wildman–Crippen MR) is 46.8 cm³/mol. The first-order valence-corrected chi connectivity index (χ1v) is 4.96. The van der Waals surface area contributed by atoms with Crippen molar-refractivity contribution < 1.29 is 13.6 Å². The van der Waals surface area contributed by atoms with Crippen molar-refractivity contribution in [2.75, 3.05) is 0 Å². The summed E-state index contributed by atoms with van der Waals surface area (Å²) in [5.74, 6) is -2.42. The lowest BCUT2D eigenvalue weighted by Gasteiger charge is -2.27. The Labute approximate surface area is 77.5 Å². The fourth-order valence-corrected chi connectivity index (χ4v) is 1.81. The van der Waals surface area contributed by atoms with Crippen LogP contribution in [0.15, 0.2) is 0 Å². The van der Waals surface area contributed by atoms with Crippen LogP contribution in [0.4, 0.5) is 8.78 Å². The molecule has 0 spiro atoms. The van der Waals surface area contributed by atoms with Gasteiger partial charge in [0, 0.05) is 25.2 Å². The third kappa shape index (κ3) is 3.05. The van der Waals surface area contributed by atoms with E-state index in [2.05, 4.69) is 0 Å². The summed E-state index contributed by atoms with van der Waals surface area (Å²) in [6.45, 7) is 1.94. The van der Waals surface area contributed by atoms with Gasteiger partial charge in [-0.3, -0.25) is 4.79 Å². The Morgan fingerprint density at radius 1 is 1.38 bits per heavy atom. The first-order valence-electron chi connectivity index (χ1n) is 4.96. The van der Waals surface area contributed by atoms with Crippen molar-refractivity contribution in [2.24, 2.45) is 5.92 Å². The summed E-state index contributed by atoms with van der Waals surface area (Å²) in [6, 6.07) is 0. The lowest BCUT2D eigenvalue weighted by atomic mass is 9.83. The zero-order valence-electron chi connectivity index (χ0n) is 7.98. The fraction of sp³-hybridized carbons (Fsp3) is 0.900. The molecule has 0 N–H and O–H groups in total. The largest absolute Gasteiger partial charge is 0.299 e. The first-order chi connectivity index (χ1) is 6.05. The van der Waals surface area contributed by atoms with Gasteiger partial charge in [-0.25, -0.2) is 8.78 Å². The van der Waals surface area contributed by atoms with Gasteiger partial charge < -0.3 is 0 Å². The van der Waals surface area contributed by atoms with Crippen LogP contribution >= 0.6 is 0 Å². The number of hydrogen-bond acceptors (Lipinski definition) is 1. The molecule has 0 aromatic carbocycles. The summed E-state index contributed by atoms with van der Waals surface area (Å²) in [7, 11) is 0. The van der Waals surface area contributed by atoms with E-state index in [0.29, 0.717) is 19.3 Å². The molecular formula is C10H16F2O. The van der Waals surface area contributed by atoms with E-state index < -0.39 is 5.92 Å². The van der Waals surface area contributed by atoms with Crippen LogP contribution < -0.4 is 0 Å². The van der Waals surface area contributed by atoms with Gasteiger partial charge in [0.1, 0.15) is 5.78 Å². The Morgan fingerprint density at radius 2 is 1.92 bits per heavy atom. The standard InChI is InChI=1S/C10H16F2O/c1-2-3-9(13)8-4-6-10(11,12)7-5-8/h8H,2-7H2,1H3. The summed E-state index contributed by atoms with van der Waals surface area (Å²) in [4.78, 5) is 11.4. The molecule has 1 saturated carbocycles. The molecule has 0 saturated heterocycles. The van der Waals surface area contributed by atoms with Crippen LogP contribution in [0.2, 0.25) is 0 Å². The van der Waals surface area contributed by atoms with Gasteiger partial charge in [-0.15, -0.1) is 0 Å². The number of ketones is 1. The lowest BCUT2D eigenvalue weighted by Crippen LogP contribution is -2.28. The van der Waals surface area contributed by atoms with Crippen LogP contribution in [0.25, 0.3) is 0 Å². The molecule has 1 aliphatic carbocycles. The average molecular weight is 190 g/mol. The van der Waals surface area contributed by atoms with Gasteiger partial charge in [0.15, 0.2) is 0 Å². The second-order valence-corrected chi connectivity index (χ2v) is 3.85. The predicted octanol–water partition coefficient (Wildman–Crippen LogP) is 3.18. The Balaban J connectivity index is 2.36. The lowest BCUT2D eigenvalue weighted by molar-refractivity contribution is -0.127. The van der Waals surface area contributed by atoms with Crippen molar-refractivity contribution >= 4 is 5.78 Å². The Kier molecular flexibility index (Phi) is 3.40. The molecule has 0 aromatic rings. The normalized spacial score (nSPS) is 23.0. The number of hydrogen-bond donors (Lipinski definition) is 0. The molecule has 76 valence electrons. The van der Waals surface area contributed by atoms with E-state index in [1.807, 2.05) is 6.92 Å². The Morgan fingerprint density at radius 3 is 2.38 bits per heavy atom. The minimum atomic E-state index is -2.51. The summed E-state index contributed by atoms with van der Waals surface area (Å²) >= 11 is 0. The second-order valence-electron chi connectivity index (χ2n) is 3.85. The number of carbonyl (C=O) groups excluding carboxylic acids is 1. The molecule has 0 aromatic heterocycles. The van der Waals surface area contributed by atoms with Crippen LogP contribution in [0.1, 0.15) is 45.4 Å². The Hall–Kier alpha value is -0.470. The number of halogens is 2. The van der Waals surface area contributed by atoms with Crippen LogP contribution in [0, 0.1) is 5.92 Å². The molecule has 0 aliphatic heterocycles. The fourth-order valence-electron chi connectivity index (χ4n) is 1.81. The van der Waals surface area contributed by atoms with Crippen molar-refractivity contribution in [1.29, 1.82) is 0 Å². The SMILES string of the molecule is CCCC(=O)C1CCC(F)(F)CC1. The molecule has 1 aliphatic rings. The van der Waals surface area contributed by atoms with Crippen molar-refractivity contribution in [3.63, 3.8) is 0 Å². The van der Waals surface area contributed by atoms with E-state index in [-0.39, 0.29) is 24.5 Å². The smallest absolute Gasteiger partial charge is 0.248 e. The molecule has 0 radical (unpaired) electrons.